The van der Waals surface area contributed by atoms with Crippen molar-refractivity contribution in [1.29, 1.82) is 0 Å². The van der Waals surface area contributed by atoms with E-state index in [2.05, 4.69) is 10.6 Å². The van der Waals surface area contributed by atoms with Gasteiger partial charge in [0.15, 0.2) is 0 Å². The van der Waals surface area contributed by atoms with E-state index in [0.717, 1.165) is 0 Å². The van der Waals surface area contributed by atoms with Crippen LogP contribution in [0.15, 0.2) is 0 Å². The van der Waals surface area contributed by atoms with Gasteiger partial charge in [-0.25, -0.2) is 0 Å². The molecule has 0 saturated heterocycles. The molecule has 10 N–H and O–H groups in total. The zero-order valence-corrected chi connectivity index (χ0v) is 13.1. The highest BCUT2D eigenvalue weighted by Gasteiger charge is 2.26. The van der Waals surface area contributed by atoms with Crippen molar-refractivity contribution in [2.75, 3.05) is 13.1 Å². The molecule has 13 nitrogen and oxygen atoms in total. The number of rotatable bonds is 11. The third-order valence-corrected chi connectivity index (χ3v) is 2.66. The van der Waals surface area contributed by atoms with Crippen molar-refractivity contribution in [2.45, 2.75) is 24.9 Å². The van der Waals surface area contributed by atoms with E-state index < -0.39 is 73.5 Å². The normalized spacial score (nSPS) is 12.4. The van der Waals surface area contributed by atoms with Gasteiger partial charge in [-0.05, 0) is 0 Å². The first-order valence-electron chi connectivity index (χ1n) is 6.91. The Balaban J connectivity index is 4.68. The Bertz CT molecular complexity index is 564. The Morgan fingerprint density at radius 1 is 0.840 bits per heavy atom. The van der Waals surface area contributed by atoms with Crippen LogP contribution in [0.5, 0.6) is 0 Å². The molecule has 0 radical (unpaired) electrons. The van der Waals surface area contributed by atoms with E-state index >= 15 is 0 Å². The van der Waals surface area contributed by atoms with Crippen LogP contribution in [0, 0.1) is 0 Å². The topological polar surface area (TPSA) is 237 Å². The van der Waals surface area contributed by atoms with Gasteiger partial charge in [0.1, 0.15) is 12.6 Å². The van der Waals surface area contributed by atoms with Crippen LogP contribution in [0.2, 0.25) is 0 Å². The molecule has 0 aromatic heterocycles. The quantitative estimate of drug-likeness (QED) is 0.187. The lowest BCUT2D eigenvalue weighted by atomic mass is 10.1. The summed E-state index contributed by atoms with van der Waals surface area (Å²) in [6.07, 6.45) is -1.06. The van der Waals surface area contributed by atoms with Gasteiger partial charge in [-0.1, -0.05) is 0 Å². The minimum absolute atomic E-state index is 0.478. The maximum absolute atomic E-state index is 11.9. The Labute approximate surface area is 141 Å². The monoisotopic (exact) mass is 360 g/mol. The summed E-state index contributed by atoms with van der Waals surface area (Å²) in [4.78, 5) is 67.0. The van der Waals surface area contributed by atoms with E-state index in [1.807, 2.05) is 5.32 Å². The smallest absolute Gasteiger partial charge is 0.322 e. The Hall–Kier alpha value is -3.22. The van der Waals surface area contributed by atoms with Crippen molar-refractivity contribution in [1.82, 2.24) is 16.0 Å². The summed E-state index contributed by atoms with van der Waals surface area (Å²) in [5.41, 5.74) is 15.3. The Morgan fingerprint density at radius 2 is 1.40 bits per heavy atom. The molecule has 25 heavy (non-hydrogen) atoms. The van der Waals surface area contributed by atoms with Gasteiger partial charge < -0.3 is 38.3 Å². The summed E-state index contributed by atoms with van der Waals surface area (Å²) in [5.74, 6) is -5.68. The van der Waals surface area contributed by atoms with Crippen LogP contribution in [-0.4, -0.2) is 65.8 Å². The lowest BCUT2D eigenvalue weighted by Gasteiger charge is -2.19. The molecule has 0 aliphatic rings. The van der Waals surface area contributed by atoms with E-state index in [4.69, 9.17) is 22.3 Å². The zero-order chi connectivity index (χ0) is 19.6. The zero-order valence-electron chi connectivity index (χ0n) is 13.1. The molecule has 0 bridgehead atoms. The van der Waals surface area contributed by atoms with Crippen LogP contribution in [0.1, 0.15) is 12.8 Å². The van der Waals surface area contributed by atoms with Crippen molar-refractivity contribution >= 4 is 35.5 Å². The number of carbonyl (C=O) groups excluding carboxylic acids is 5. The minimum Gasteiger partial charge on any atom is -0.480 e. The van der Waals surface area contributed by atoms with Crippen molar-refractivity contribution in [3.63, 3.8) is 0 Å². The molecule has 0 aliphatic heterocycles. The fourth-order valence-corrected chi connectivity index (χ4v) is 1.53. The molecular weight excluding hydrogens is 340 g/mol. The van der Waals surface area contributed by atoms with Crippen molar-refractivity contribution < 1.29 is 33.9 Å². The highest BCUT2D eigenvalue weighted by Crippen LogP contribution is 1.95. The van der Waals surface area contributed by atoms with E-state index in [9.17, 15) is 28.8 Å². The average molecular weight is 360 g/mol. The third-order valence-electron chi connectivity index (χ3n) is 2.66. The number of nitrogens with two attached hydrogens (primary N) is 3. The number of nitrogens with one attached hydrogen (secondary N) is 3. The van der Waals surface area contributed by atoms with Gasteiger partial charge in [-0.15, -0.1) is 0 Å². The third kappa shape index (κ3) is 10.2. The second kappa shape index (κ2) is 10.5. The highest BCUT2D eigenvalue weighted by atomic mass is 16.4. The van der Waals surface area contributed by atoms with E-state index in [1.165, 1.54) is 0 Å². The fraction of sp³-hybridized carbons (Fsp3) is 0.500. The van der Waals surface area contributed by atoms with E-state index in [1.54, 1.807) is 0 Å². The van der Waals surface area contributed by atoms with Crippen LogP contribution in [-0.2, 0) is 28.8 Å². The van der Waals surface area contributed by atoms with Gasteiger partial charge in [0.2, 0.25) is 29.5 Å². The second-order valence-electron chi connectivity index (χ2n) is 4.90. The van der Waals surface area contributed by atoms with Gasteiger partial charge in [0, 0.05) is 0 Å². The van der Waals surface area contributed by atoms with Crippen LogP contribution >= 0.6 is 0 Å². The molecule has 140 valence electrons. The number of carboxylic acids is 1. The number of aliphatic carboxylic acids is 1. The fourth-order valence-electron chi connectivity index (χ4n) is 1.53. The van der Waals surface area contributed by atoms with Gasteiger partial charge in [0.05, 0.1) is 25.4 Å². The number of hydrogen-bond donors (Lipinski definition) is 7. The molecule has 0 rings (SSSR count). The summed E-state index contributed by atoms with van der Waals surface area (Å²) >= 11 is 0. The molecule has 0 spiro atoms. The standard InChI is InChI=1S/C12H20N6O7/c13-5(1-7(14)19)11(24)18-6(2-8(15)20)12(25)17-3-9(21)16-4-10(22)23/h5-6H,1-4,13H2,(H2,14,19)(H2,15,20)(H,16,21)(H,17,25)(H,18,24)(H,22,23)/t5-,6-/m0/s1. The maximum atomic E-state index is 11.9. The van der Waals surface area contributed by atoms with Crippen LogP contribution < -0.4 is 33.2 Å². The number of amides is 5. The Kier molecular flexibility index (Phi) is 9.18. The first-order chi connectivity index (χ1) is 11.5. The van der Waals surface area contributed by atoms with Crippen molar-refractivity contribution in [3.05, 3.63) is 0 Å². The molecule has 13 heteroatoms. The summed E-state index contributed by atoms with van der Waals surface area (Å²) < 4.78 is 0. The number of carbonyl (C=O) groups is 6. The molecule has 0 aromatic rings. The van der Waals surface area contributed by atoms with Gasteiger partial charge in [-0.3, -0.25) is 28.8 Å². The molecule has 2 atom stereocenters. The summed E-state index contributed by atoms with van der Waals surface area (Å²) in [5, 5.41) is 14.6. The first-order valence-corrected chi connectivity index (χ1v) is 6.91. The van der Waals surface area contributed by atoms with Gasteiger partial charge in [-0.2, -0.15) is 0 Å². The number of hydrogen-bond acceptors (Lipinski definition) is 7. The van der Waals surface area contributed by atoms with Crippen LogP contribution in [0.3, 0.4) is 0 Å². The molecule has 5 amide bonds. The SMILES string of the molecule is NC(=O)C[C@H](NC(=O)[C@@H](N)CC(N)=O)C(=O)NCC(=O)NCC(=O)O. The molecule has 0 aromatic carbocycles. The predicted octanol–water partition coefficient (Wildman–Crippen LogP) is -5.13. The molecular formula is C12H20N6O7. The lowest BCUT2D eigenvalue weighted by molar-refractivity contribution is -0.138. The van der Waals surface area contributed by atoms with Crippen molar-refractivity contribution in [3.8, 4) is 0 Å². The number of carboxylic acid groups (broad SMARTS) is 1. The summed E-state index contributed by atoms with van der Waals surface area (Å²) in [6, 6.07) is -2.77. The second-order valence-corrected chi connectivity index (χ2v) is 4.90. The summed E-state index contributed by atoms with van der Waals surface area (Å²) in [6.45, 7) is -1.23. The van der Waals surface area contributed by atoms with Crippen LogP contribution in [0.25, 0.3) is 0 Å². The molecule has 0 heterocycles. The minimum atomic E-state index is -1.43. The summed E-state index contributed by atoms with van der Waals surface area (Å²) in [7, 11) is 0. The number of primary amides is 2. The molecule has 0 unspecified atom stereocenters. The predicted molar refractivity (Wildman–Crippen MR) is 81.2 cm³/mol. The maximum Gasteiger partial charge on any atom is 0.322 e. The van der Waals surface area contributed by atoms with E-state index in [-0.39, 0.29) is 0 Å². The lowest BCUT2D eigenvalue weighted by Crippen LogP contribution is -2.54. The van der Waals surface area contributed by atoms with E-state index in [0.29, 0.717) is 0 Å². The molecule has 0 fully saturated rings. The van der Waals surface area contributed by atoms with Gasteiger partial charge in [0.25, 0.3) is 0 Å². The Morgan fingerprint density at radius 3 is 1.88 bits per heavy atom. The molecule has 0 saturated carbocycles. The first kappa shape index (κ1) is 21.8. The average Bonchev–Trinajstić information content (AvgIpc) is 2.48. The van der Waals surface area contributed by atoms with Gasteiger partial charge >= 0.3 is 5.97 Å². The molecule has 0 aliphatic carbocycles. The van der Waals surface area contributed by atoms with Crippen molar-refractivity contribution in [2.24, 2.45) is 17.2 Å². The van der Waals surface area contributed by atoms with Crippen LogP contribution in [0.4, 0.5) is 0 Å². The highest BCUT2D eigenvalue weighted by molar-refractivity contribution is 5.95. The largest absolute Gasteiger partial charge is 0.480 e.